The molecule has 3 aromatic heterocycles. The molecule has 40 heavy (non-hydrogen) atoms. The van der Waals surface area contributed by atoms with E-state index in [2.05, 4.69) is 16.9 Å². The second kappa shape index (κ2) is 12.4. The van der Waals surface area contributed by atoms with Crippen molar-refractivity contribution in [1.82, 2.24) is 14.5 Å². The Balaban J connectivity index is 1.78. The van der Waals surface area contributed by atoms with Crippen LogP contribution in [-0.2, 0) is 21.1 Å². The maximum atomic E-state index is 12.5. The normalized spacial score (nSPS) is 11.8. The zero-order valence-electron chi connectivity index (χ0n) is 23.0. The molecule has 10 nitrogen and oxygen atoms in total. The van der Waals surface area contributed by atoms with E-state index in [1.807, 2.05) is 50.4 Å². The first-order valence-electron chi connectivity index (χ1n) is 12.8. The molecule has 208 valence electrons. The number of aromatic nitrogens is 3. The van der Waals surface area contributed by atoms with E-state index >= 15 is 0 Å². The summed E-state index contributed by atoms with van der Waals surface area (Å²) < 4.78 is 18.1. The van der Waals surface area contributed by atoms with E-state index in [0.29, 0.717) is 29.4 Å². The van der Waals surface area contributed by atoms with Crippen LogP contribution in [0.25, 0.3) is 33.3 Å². The van der Waals surface area contributed by atoms with Gasteiger partial charge in [-0.25, -0.2) is 9.97 Å². The van der Waals surface area contributed by atoms with Crippen LogP contribution in [0.4, 0.5) is 5.69 Å². The number of nitrogens with two attached hydrogens (primary N) is 1. The summed E-state index contributed by atoms with van der Waals surface area (Å²) in [7, 11) is 3.11. The fourth-order valence-electron chi connectivity index (χ4n) is 4.34. The van der Waals surface area contributed by atoms with Gasteiger partial charge in [-0.2, -0.15) is 0 Å². The second-order valence-corrected chi connectivity index (χ2v) is 9.67. The van der Waals surface area contributed by atoms with Gasteiger partial charge in [0.1, 0.15) is 17.4 Å². The number of nitrogens with one attached hydrogen (secondary N) is 1. The Bertz CT molecular complexity index is 1550. The van der Waals surface area contributed by atoms with Crippen LogP contribution in [0.1, 0.15) is 20.3 Å². The Hall–Kier alpha value is -4.70. The molecule has 3 N–H and O–H groups in total. The van der Waals surface area contributed by atoms with Crippen molar-refractivity contribution in [3.05, 3.63) is 67.6 Å². The van der Waals surface area contributed by atoms with Crippen LogP contribution in [0.5, 0.6) is 11.6 Å². The average Bonchev–Trinajstić information content (AvgIpc) is 3.33. The van der Waals surface area contributed by atoms with Crippen LogP contribution in [0.3, 0.4) is 0 Å². The number of esters is 1. The molecule has 4 aromatic rings. The summed E-state index contributed by atoms with van der Waals surface area (Å²) in [6.07, 6.45) is 6.99. The quantitative estimate of drug-likeness (QED) is 0.204. The molecule has 0 bridgehead atoms. The maximum absolute atomic E-state index is 12.5. The Kier molecular flexibility index (Phi) is 8.80. The van der Waals surface area contributed by atoms with Crippen molar-refractivity contribution in [3.63, 3.8) is 0 Å². The number of ether oxygens (including phenoxy) is 3. The van der Waals surface area contributed by atoms with Gasteiger partial charge in [-0.15, -0.1) is 0 Å². The van der Waals surface area contributed by atoms with Gasteiger partial charge in [0.2, 0.25) is 11.8 Å². The fourth-order valence-corrected chi connectivity index (χ4v) is 4.34. The number of nitrogens with zero attached hydrogens (tertiary/aromatic N) is 3. The van der Waals surface area contributed by atoms with Gasteiger partial charge in [0, 0.05) is 52.9 Å². The van der Waals surface area contributed by atoms with Crippen LogP contribution in [0.2, 0.25) is 0 Å². The van der Waals surface area contributed by atoms with Gasteiger partial charge in [-0.1, -0.05) is 20.4 Å². The van der Waals surface area contributed by atoms with Crippen LogP contribution in [0.15, 0.2) is 67.6 Å². The van der Waals surface area contributed by atoms with Gasteiger partial charge in [-0.05, 0) is 53.8 Å². The standard InChI is InChI=1S/C30H33N5O5/c1-6-27(36)34-22-10-20(11-23(14-22)38-4)21-12-24-25(19-7-8-32-28(13-19)39-5)16-35(29(24)33-15-21)17-40-30(37)26(31)9-18(2)3/h6-8,10-16,18,26H,1,9,17,31H2,2-5H3,(H,34,36). The minimum absolute atomic E-state index is 0.0490. The topological polar surface area (TPSA) is 131 Å². The minimum atomic E-state index is -0.700. The number of anilines is 1. The molecule has 0 radical (unpaired) electrons. The monoisotopic (exact) mass is 543 g/mol. The van der Waals surface area contributed by atoms with Crippen LogP contribution < -0.4 is 20.5 Å². The molecule has 0 aliphatic carbocycles. The molecule has 10 heteroatoms. The van der Waals surface area contributed by atoms with Crippen LogP contribution in [-0.4, -0.2) is 46.7 Å². The van der Waals surface area contributed by atoms with Crippen molar-refractivity contribution in [2.45, 2.75) is 33.0 Å². The van der Waals surface area contributed by atoms with Crippen molar-refractivity contribution in [2.75, 3.05) is 19.5 Å². The van der Waals surface area contributed by atoms with Gasteiger partial charge in [0.05, 0.1) is 14.2 Å². The molecule has 0 fully saturated rings. The lowest BCUT2D eigenvalue weighted by atomic mass is 10.0. The predicted octanol–water partition coefficient (Wildman–Crippen LogP) is 4.78. The minimum Gasteiger partial charge on any atom is -0.497 e. The van der Waals surface area contributed by atoms with E-state index in [4.69, 9.17) is 24.9 Å². The molecule has 4 rings (SSSR count). The highest BCUT2D eigenvalue weighted by molar-refractivity contribution is 6.00. The number of hydrogen-bond donors (Lipinski definition) is 2. The van der Waals surface area contributed by atoms with Crippen molar-refractivity contribution < 1.29 is 23.8 Å². The number of benzene rings is 1. The summed E-state index contributed by atoms with van der Waals surface area (Å²) >= 11 is 0. The summed E-state index contributed by atoms with van der Waals surface area (Å²) in [5, 5.41) is 3.59. The highest BCUT2D eigenvalue weighted by Gasteiger charge is 2.19. The van der Waals surface area contributed by atoms with Gasteiger partial charge < -0.3 is 25.3 Å². The number of hydrogen-bond acceptors (Lipinski definition) is 8. The first-order chi connectivity index (χ1) is 19.2. The first kappa shape index (κ1) is 28.3. The van der Waals surface area contributed by atoms with Crippen LogP contribution >= 0.6 is 0 Å². The van der Waals surface area contributed by atoms with Crippen molar-refractivity contribution in [2.24, 2.45) is 11.7 Å². The molecule has 1 unspecified atom stereocenters. The lowest BCUT2D eigenvalue weighted by Gasteiger charge is -2.14. The number of carbonyl (C=O) groups excluding carboxylic acids is 2. The zero-order valence-corrected chi connectivity index (χ0v) is 23.0. The SMILES string of the molecule is C=CC(=O)Nc1cc(OC)cc(-c2cnc3c(c2)c(-c2ccnc(OC)c2)cn3COC(=O)C(N)CC(C)C)c1. The number of carbonyl (C=O) groups is 2. The highest BCUT2D eigenvalue weighted by Crippen LogP contribution is 2.35. The number of rotatable bonds is 11. The molecule has 3 heterocycles. The van der Waals surface area contributed by atoms with Crippen molar-refractivity contribution >= 4 is 28.6 Å². The lowest BCUT2D eigenvalue weighted by molar-refractivity contribution is -0.149. The van der Waals surface area contributed by atoms with Gasteiger partial charge in [0.25, 0.3) is 0 Å². The summed E-state index contributed by atoms with van der Waals surface area (Å²) in [5.74, 6) is 0.499. The van der Waals surface area contributed by atoms with Gasteiger partial charge >= 0.3 is 5.97 Å². The molecule has 0 spiro atoms. The zero-order chi connectivity index (χ0) is 28.8. The Morgan fingerprint density at radius 3 is 2.58 bits per heavy atom. The lowest BCUT2D eigenvalue weighted by Crippen LogP contribution is -2.33. The summed E-state index contributed by atoms with van der Waals surface area (Å²) in [6, 6.07) is 10.4. The molecule has 1 atom stereocenters. The maximum Gasteiger partial charge on any atom is 0.324 e. The van der Waals surface area contributed by atoms with Gasteiger partial charge in [0.15, 0.2) is 6.73 Å². The molecule has 0 aliphatic rings. The summed E-state index contributed by atoms with van der Waals surface area (Å²) in [5.41, 5.74) is 10.5. The first-order valence-corrected chi connectivity index (χ1v) is 12.8. The average molecular weight is 544 g/mol. The second-order valence-electron chi connectivity index (χ2n) is 9.67. The third kappa shape index (κ3) is 6.47. The summed E-state index contributed by atoms with van der Waals surface area (Å²) in [6.45, 7) is 7.46. The molecule has 0 saturated carbocycles. The largest absolute Gasteiger partial charge is 0.497 e. The van der Waals surface area contributed by atoms with Crippen LogP contribution in [0, 0.1) is 5.92 Å². The van der Waals surface area contributed by atoms with E-state index < -0.39 is 12.0 Å². The number of amides is 1. The van der Waals surface area contributed by atoms with Crippen molar-refractivity contribution in [1.29, 1.82) is 0 Å². The third-order valence-corrected chi connectivity index (χ3v) is 6.27. The predicted molar refractivity (Wildman–Crippen MR) is 154 cm³/mol. The molecule has 0 aliphatic heterocycles. The molecular formula is C30H33N5O5. The highest BCUT2D eigenvalue weighted by atomic mass is 16.5. The van der Waals surface area contributed by atoms with E-state index in [1.165, 1.54) is 6.08 Å². The summed E-state index contributed by atoms with van der Waals surface area (Å²) in [4.78, 5) is 33.4. The van der Waals surface area contributed by atoms with E-state index in [-0.39, 0.29) is 18.6 Å². The molecule has 1 amide bonds. The number of fused-ring (bicyclic) bond motifs is 1. The van der Waals surface area contributed by atoms with Crippen molar-refractivity contribution in [3.8, 4) is 33.9 Å². The Morgan fingerprint density at radius 1 is 1.07 bits per heavy atom. The Labute approximate surface area is 232 Å². The fraction of sp³-hybridized carbons (Fsp3) is 0.267. The molecule has 1 aromatic carbocycles. The third-order valence-electron chi connectivity index (χ3n) is 6.27. The van der Waals surface area contributed by atoms with E-state index in [9.17, 15) is 9.59 Å². The van der Waals surface area contributed by atoms with E-state index in [1.54, 1.807) is 37.2 Å². The molecule has 0 saturated heterocycles. The molecular weight excluding hydrogens is 510 g/mol. The van der Waals surface area contributed by atoms with E-state index in [0.717, 1.165) is 27.6 Å². The smallest absolute Gasteiger partial charge is 0.324 e. The number of pyridine rings is 2. The Morgan fingerprint density at radius 2 is 1.88 bits per heavy atom. The van der Waals surface area contributed by atoms with Gasteiger partial charge in [-0.3, -0.25) is 14.2 Å². The number of methoxy groups -OCH3 is 2.